The molecule has 3 aromatic heterocycles. The van der Waals surface area contributed by atoms with Crippen LogP contribution in [0.25, 0.3) is 17.2 Å². The average molecular weight is 420 g/mol. The summed E-state index contributed by atoms with van der Waals surface area (Å²) in [5, 5.41) is 5.47. The van der Waals surface area contributed by atoms with Crippen molar-refractivity contribution in [3.63, 3.8) is 0 Å². The Morgan fingerprint density at radius 2 is 2.18 bits per heavy atom. The van der Waals surface area contributed by atoms with Crippen molar-refractivity contribution in [3.05, 3.63) is 63.9 Å². The number of amides is 1. The molecule has 11 heteroatoms. The topological polar surface area (TPSA) is 105 Å². The third kappa shape index (κ3) is 3.78. The molecule has 8 nitrogen and oxygen atoms in total. The van der Waals surface area contributed by atoms with E-state index in [1.54, 1.807) is 12.1 Å². The number of anilines is 1. The number of thioether (sulfide) groups is 1. The molecule has 142 valence electrons. The van der Waals surface area contributed by atoms with Crippen molar-refractivity contribution in [1.29, 1.82) is 0 Å². The number of nitrogens with zero attached hydrogens (tertiary/aromatic N) is 3. The van der Waals surface area contributed by atoms with Crippen molar-refractivity contribution in [1.82, 2.24) is 19.6 Å². The van der Waals surface area contributed by atoms with Crippen LogP contribution in [-0.2, 0) is 4.79 Å². The van der Waals surface area contributed by atoms with Crippen LogP contribution < -0.4 is 10.9 Å². The van der Waals surface area contributed by atoms with Crippen molar-refractivity contribution in [2.75, 3.05) is 11.1 Å². The zero-order valence-corrected chi connectivity index (χ0v) is 15.6. The first-order valence-corrected chi connectivity index (χ1v) is 9.27. The Labute approximate surface area is 165 Å². The number of H-pyrrole nitrogens is 1. The van der Waals surface area contributed by atoms with Crippen LogP contribution in [0.5, 0.6) is 0 Å². The molecule has 1 aromatic carbocycles. The Morgan fingerprint density at radius 1 is 1.32 bits per heavy atom. The zero-order chi connectivity index (χ0) is 19.7. The number of aromatic nitrogens is 4. The molecular weight excluding hydrogens is 409 g/mol. The maximum atomic E-state index is 13.2. The fraction of sp³-hybridized carbons (Fsp3) is 0.0588. The van der Waals surface area contributed by atoms with Gasteiger partial charge in [-0.25, -0.2) is 13.9 Å². The van der Waals surface area contributed by atoms with Crippen LogP contribution >= 0.6 is 23.4 Å². The number of furan rings is 1. The van der Waals surface area contributed by atoms with Gasteiger partial charge in [-0.2, -0.15) is 4.98 Å². The van der Waals surface area contributed by atoms with Crippen LogP contribution in [-0.4, -0.2) is 31.2 Å². The summed E-state index contributed by atoms with van der Waals surface area (Å²) in [4.78, 5) is 32.5. The van der Waals surface area contributed by atoms with E-state index >= 15 is 0 Å². The van der Waals surface area contributed by atoms with Gasteiger partial charge in [0.1, 0.15) is 5.82 Å². The largest absolute Gasteiger partial charge is 0.461 e. The maximum Gasteiger partial charge on any atom is 0.266 e. The van der Waals surface area contributed by atoms with Gasteiger partial charge < -0.3 is 9.73 Å². The van der Waals surface area contributed by atoms with Gasteiger partial charge in [0.2, 0.25) is 5.91 Å². The molecule has 0 fully saturated rings. The maximum absolute atomic E-state index is 13.2. The predicted molar refractivity (Wildman–Crippen MR) is 102 cm³/mol. The molecule has 0 saturated heterocycles. The molecule has 0 aliphatic rings. The van der Waals surface area contributed by atoms with Gasteiger partial charge in [0.15, 0.2) is 22.4 Å². The van der Waals surface area contributed by atoms with Crippen LogP contribution in [0, 0.1) is 5.82 Å². The van der Waals surface area contributed by atoms with Gasteiger partial charge >= 0.3 is 0 Å². The lowest BCUT2D eigenvalue weighted by Gasteiger charge is -2.07. The lowest BCUT2D eigenvalue weighted by Crippen LogP contribution is -2.15. The summed E-state index contributed by atoms with van der Waals surface area (Å²) in [6.07, 6.45) is 1.49. The molecule has 0 saturated carbocycles. The van der Waals surface area contributed by atoms with Crippen LogP contribution in [0.1, 0.15) is 0 Å². The van der Waals surface area contributed by atoms with E-state index in [1.807, 2.05) is 0 Å². The Morgan fingerprint density at radius 3 is 2.93 bits per heavy atom. The van der Waals surface area contributed by atoms with E-state index in [0.717, 1.165) is 11.8 Å². The standard InChI is InChI=1S/C17H11ClFN5O3S/c18-10-6-9(3-4-11(10)19)20-15(26)8-28-17-22-16(12-2-1-5-27-12)21-13-7-14(25)23-24(13)17/h1-7H,8H2,(H,20,26)(H,23,25). The Balaban J connectivity index is 1.56. The van der Waals surface area contributed by atoms with Crippen molar-refractivity contribution in [3.8, 4) is 11.6 Å². The number of carbonyl (C=O) groups excluding carboxylic acids is 1. The molecule has 28 heavy (non-hydrogen) atoms. The summed E-state index contributed by atoms with van der Waals surface area (Å²) >= 11 is 6.80. The molecule has 4 aromatic rings. The van der Waals surface area contributed by atoms with E-state index in [0.29, 0.717) is 22.3 Å². The fourth-order valence-corrected chi connectivity index (χ4v) is 3.33. The summed E-state index contributed by atoms with van der Waals surface area (Å²) in [5.41, 5.74) is 0.369. The number of hydrogen-bond acceptors (Lipinski definition) is 6. The first-order valence-electron chi connectivity index (χ1n) is 7.91. The predicted octanol–water partition coefficient (Wildman–Crippen LogP) is 3.20. The summed E-state index contributed by atoms with van der Waals surface area (Å²) in [5.74, 6) is -0.215. The molecule has 0 aliphatic heterocycles. The molecule has 0 aliphatic carbocycles. The summed E-state index contributed by atoms with van der Waals surface area (Å²) in [6, 6.07) is 8.60. The summed E-state index contributed by atoms with van der Waals surface area (Å²) in [7, 11) is 0. The molecule has 0 atom stereocenters. The fourth-order valence-electron chi connectivity index (χ4n) is 2.40. The highest BCUT2D eigenvalue weighted by Crippen LogP contribution is 2.23. The second kappa shape index (κ2) is 7.49. The summed E-state index contributed by atoms with van der Waals surface area (Å²) in [6.45, 7) is 0. The van der Waals surface area contributed by atoms with Crippen molar-refractivity contribution in [2.24, 2.45) is 0 Å². The first-order chi connectivity index (χ1) is 13.5. The number of aromatic amines is 1. The van der Waals surface area contributed by atoms with Crippen molar-refractivity contribution in [2.45, 2.75) is 5.16 Å². The van der Waals surface area contributed by atoms with E-state index in [1.165, 1.54) is 35.0 Å². The molecule has 0 bridgehead atoms. The van der Waals surface area contributed by atoms with E-state index in [9.17, 15) is 14.0 Å². The van der Waals surface area contributed by atoms with Crippen LogP contribution in [0.15, 0.2) is 57.0 Å². The number of carbonyl (C=O) groups is 1. The van der Waals surface area contributed by atoms with Gasteiger partial charge in [0.05, 0.1) is 17.0 Å². The number of nitrogens with one attached hydrogen (secondary N) is 2. The molecule has 1 amide bonds. The second-order valence-corrected chi connectivity index (χ2v) is 6.94. The van der Waals surface area contributed by atoms with Crippen molar-refractivity contribution >= 4 is 40.6 Å². The minimum atomic E-state index is -0.570. The number of benzene rings is 1. The van der Waals surface area contributed by atoms with Gasteiger partial charge in [-0.05, 0) is 30.3 Å². The molecule has 0 radical (unpaired) electrons. The lowest BCUT2D eigenvalue weighted by atomic mass is 10.3. The van der Waals surface area contributed by atoms with E-state index < -0.39 is 5.82 Å². The smallest absolute Gasteiger partial charge is 0.266 e. The minimum Gasteiger partial charge on any atom is -0.461 e. The lowest BCUT2D eigenvalue weighted by molar-refractivity contribution is -0.113. The first kappa shape index (κ1) is 18.3. The number of fused-ring (bicyclic) bond motifs is 1. The van der Waals surface area contributed by atoms with Gasteiger partial charge in [0.25, 0.3) is 5.56 Å². The molecule has 0 spiro atoms. The number of hydrogen-bond donors (Lipinski definition) is 2. The van der Waals surface area contributed by atoms with Crippen LogP contribution in [0.4, 0.5) is 10.1 Å². The molecule has 3 heterocycles. The normalized spacial score (nSPS) is 11.1. The average Bonchev–Trinajstić information content (AvgIpc) is 3.31. The highest BCUT2D eigenvalue weighted by Gasteiger charge is 2.14. The second-order valence-electron chi connectivity index (χ2n) is 5.59. The highest BCUT2D eigenvalue weighted by atomic mass is 35.5. The van der Waals surface area contributed by atoms with E-state index in [4.69, 9.17) is 16.0 Å². The Kier molecular flexibility index (Phi) is 4.88. The number of rotatable bonds is 5. The monoisotopic (exact) mass is 419 g/mol. The van der Waals surface area contributed by atoms with Gasteiger partial charge in [-0.3, -0.25) is 14.7 Å². The van der Waals surface area contributed by atoms with E-state index in [2.05, 4.69) is 20.4 Å². The molecule has 2 N–H and O–H groups in total. The molecule has 4 rings (SSSR count). The van der Waals surface area contributed by atoms with Crippen molar-refractivity contribution < 1.29 is 13.6 Å². The molecule has 0 unspecified atom stereocenters. The van der Waals surface area contributed by atoms with Gasteiger partial charge in [-0.1, -0.05) is 23.4 Å². The van der Waals surface area contributed by atoms with E-state index in [-0.39, 0.29) is 28.1 Å². The molecular formula is C17H11ClFN5O3S. The number of halogens is 2. The SMILES string of the molecule is O=C(CSc1nc(-c2ccco2)nc2cc(=O)[nH]n12)Nc1ccc(F)c(Cl)c1. The third-order valence-corrected chi connectivity index (χ3v) is 4.83. The Bertz CT molecular complexity index is 1220. The van der Waals surface area contributed by atoms with Crippen LogP contribution in [0.2, 0.25) is 5.02 Å². The summed E-state index contributed by atoms with van der Waals surface area (Å²) < 4.78 is 19.9. The zero-order valence-electron chi connectivity index (χ0n) is 14.0. The van der Waals surface area contributed by atoms with Gasteiger partial charge in [0, 0.05) is 11.8 Å². The third-order valence-electron chi connectivity index (χ3n) is 3.60. The Hall–Kier alpha value is -3.11. The van der Waals surface area contributed by atoms with Crippen LogP contribution in [0.3, 0.4) is 0 Å². The minimum absolute atomic E-state index is 0.0150. The quantitative estimate of drug-likeness (QED) is 0.481. The van der Waals surface area contributed by atoms with Gasteiger partial charge in [-0.15, -0.1) is 0 Å². The highest BCUT2D eigenvalue weighted by molar-refractivity contribution is 7.99.